The van der Waals surface area contributed by atoms with Crippen LogP contribution in [0.5, 0.6) is 17.2 Å². The van der Waals surface area contributed by atoms with Crippen LogP contribution in [0.15, 0.2) is 121 Å². The zero-order valence-electron chi connectivity index (χ0n) is 16.3. The highest BCUT2D eigenvalue weighted by atomic mass is 79.9. The van der Waals surface area contributed by atoms with Crippen molar-refractivity contribution in [3.05, 3.63) is 127 Å². The van der Waals surface area contributed by atoms with Crippen LogP contribution in [0.2, 0.25) is 0 Å². The van der Waals surface area contributed by atoms with Gasteiger partial charge in [0.25, 0.3) is 0 Å². The highest BCUT2D eigenvalue weighted by Crippen LogP contribution is 2.62. The molecule has 0 saturated carbocycles. The third-order valence-electron chi connectivity index (χ3n) is 4.18. The van der Waals surface area contributed by atoms with Crippen molar-refractivity contribution >= 4 is 7.94 Å². The minimum atomic E-state index is -2.88. The van der Waals surface area contributed by atoms with Gasteiger partial charge in [0.15, 0.2) is 23.4 Å². The predicted molar refractivity (Wildman–Crippen MR) is 118 cm³/mol. The van der Waals surface area contributed by atoms with Crippen molar-refractivity contribution in [1.82, 2.24) is 0 Å². The predicted octanol–water partition coefficient (Wildman–Crippen LogP) is 4.19. The van der Waals surface area contributed by atoms with Crippen LogP contribution in [0, 0.1) is 0 Å². The standard InChI is InChI=1S/C25H22O3P.BrH/c1-5-13-22(14-6-1)21-29(26-23-15-7-2-8-16-23,27-24-17-9-3-10-18-24)28-25-19-11-4-12-20-25;/h1-20H,21H2;1H/q+1;/p-1. The van der Waals surface area contributed by atoms with Gasteiger partial charge in [0.1, 0.15) is 0 Å². The largest absolute Gasteiger partial charge is 1.00 e. The second-order valence-corrected chi connectivity index (χ2v) is 8.55. The molecular weight excluding hydrogens is 459 g/mol. The third-order valence-corrected chi connectivity index (χ3v) is 6.40. The van der Waals surface area contributed by atoms with Crippen molar-refractivity contribution in [3.63, 3.8) is 0 Å². The Bertz CT molecular complexity index is 828. The first-order valence-corrected chi connectivity index (χ1v) is 11.2. The zero-order chi connectivity index (χ0) is 19.8. The van der Waals surface area contributed by atoms with E-state index >= 15 is 0 Å². The first-order chi connectivity index (χ1) is 14.3. The Balaban J connectivity index is 0.00000256. The number of rotatable bonds is 8. The fourth-order valence-electron chi connectivity index (χ4n) is 2.89. The summed E-state index contributed by atoms with van der Waals surface area (Å²) in [4.78, 5) is 0. The van der Waals surface area contributed by atoms with Gasteiger partial charge in [-0.1, -0.05) is 84.9 Å². The maximum atomic E-state index is 6.48. The van der Waals surface area contributed by atoms with Crippen LogP contribution in [0.4, 0.5) is 0 Å². The Morgan fingerprint density at radius 1 is 0.433 bits per heavy atom. The van der Waals surface area contributed by atoms with E-state index in [0.29, 0.717) is 23.4 Å². The summed E-state index contributed by atoms with van der Waals surface area (Å²) >= 11 is 0. The third kappa shape index (κ3) is 6.09. The molecule has 0 aromatic heterocycles. The molecule has 0 heterocycles. The smallest absolute Gasteiger partial charge is 0.546 e. The lowest BCUT2D eigenvalue weighted by atomic mass is 10.2. The van der Waals surface area contributed by atoms with Crippen LogP contribution in [0.1, 0.15) is 5.56 Å². The fourth-order valence-corrected chi connectivity index (χ4v) is 5.18. The number of halogens is 1. The molecule has 152 valence electrons. The first kappa shape index (κ1) is 21.9. The molecular formula is C25H22BrO3P. The summed E-state index contributed by atoms with van der Waals surface area (Å²) in [6.07, 6.45) is 0.506. The van der Waals surface area contributed by atoms with Crippen LogP contribution in [-0.2, 0) is 6.16 Å². The average Bonchev–Trinajstić information content (AvgIpc) is 2.76. The van der Waals surface area contributed by atoms with Gasteiger partial charge in [-0.15, -0.1) is 0 Å². The fraction of sp³-hybridized carbons (Fsp3) is 0.0400. The molecule has 0 N–H and O–H groups in total. The van der Waals surface area contributed by atoms with Gasteiger partial charge >= 0.3 is 7.94 Å². The van der Waals surface area contributed by atoms with Gasteiger partial charge in [-0.2, -0.15) is 0 Å². The Kier molecular flexibility index (Phi) is 7.89. The van der Waals surface area contributed by atoms with Gasteiger partial charge in [-0.3, -0.25) is 13.6 Å². The van der Waals surface area contributed by atoms with Crippen LogP contribution in [-0.4, -0.2) is 0 Å². The minimum Gasteiger partial charge on any atom is -1.00 e. The van der Waals surface area contributed by atoms with Crippen molar-refractivity contribution in [2.45, 2.75) is 6.16 Å². The van der Waals surface area contributed by atoms with E-state index in [2.05, 4.69) is 12.1 Å². The van der Waals surface area contributed by atoms with Crippen LogP contribution >= 0.6 is 7.94 Å². The van der Waals surface area contributed by atoms with Crippen molar-refractivity contribution in [2.24, 2.45) is 0 Å². The highest BCUT2D eigenvalue weighted by Gasteiger charge is 2.50. The lowest BCUT2D eigenvalue weighted by Gasteiger charge is -2.23. The summed E-state index contributed by atoms with van der Waals surface area (Å²) in [7, 11) is -2.88. The Morgan fingerprint density at radius 3 is 1.07 bits per heavy atom. The molecule has 0 saturated heterocycles. The molecule has 0 spiro atoms. The van der Waals surface area contributed by atoms with E-state index in [1.807, 2.05) is 109 Å². The molecule has 5 heteroatoms. The number of hydrogen-bond donors (Lipinski definition) is 0. The second-order valence-electron chi connectivity index (χ2n) is 6.47. The molecule has 3 nitrogen and oxygen atoms in total. The molecule has 30 heavy (non-hydrogen) atoms. The topological polar surface area (TPSA) is 27.7 Å². The van der Waals surface area contributed by atoms with Crippen molar-refractivity contribution < 1.29 is 30.6 Å². The lowest BCUT2D eigenvalue weighted by Crippen LogP contribution is -3.00. The van der Waals surface area contributed by atoms with E-state index < -0.39 is 7.94 Å². The SMILES string of the molecule is [Br-].c1ccc(C[P+](Oc2ccccc2)(Oc2ccccc2)Oc2ccccc2)cc1. The number of benzene rings is 4. The van der Waals surface area contributed by atoms with Crippen molar-refractivity contribution in [1.29, 1.82) is 0 Å². The van der Waals surface area contributed by atoms with E-state index in [9.17, 15) is 0 Å². The van der Waals surface area contributed by atoms with E-state index in [1.165, 1.54) is 0 Å². The monoisotopic (exact) mass is 480 g/mol. The zero-order valence-corrected chi connectivity index (χ0v) is 18.8. The van der Waals surface area contributed by atoms with Crippen LogP contribution in [0.3, 0.4) is 0 Å². The minimum absolute atomic E-state index is 0. The molecule has 0 aliphatic rings. The van der Waals surface area contributed by atoms with Gasteiger partial charge in [0, 0.05) is 0 Å². The van der Waals surface area contributed by atoms with Gasteiger partial charge in [0.2, 0.25) is 0 Å². The number of para-hydroxylation sites is 3. The summed E-state index contributed by atoms with van der Waals surface area (Å²) < 4.78 is 19.4. The van der Waals surface area contributed by atoms with Gasteiger partial charge in [-0.25, -0.2) is 0 Å². The van der Waals surface area contributed by atoms with Crippen molar-refractivity contribution in [2.75, 3.05) is 0 Å². The summed E-state index contributed by atoms with van der Waals surface area (Å²) in [6.45, 7) is 0. The Labute approximate surface area is 188 Å². The molecule has 0 amide bonds. The molecule has 0 aliphatic heterocycles. The van der Waals surface area contributed by atoms with Gasteiger partial charge in [-0.05, 0) is 42.0 Å². The second kappa shape index (κ2) is 10.8. The molecule has 0 unspecified atom stereocenters. The van der Waals surface area contributed by atoms with E-state index in [1.54, 1.807) is 0 Å². The lowest BCUT2D eigenvalue weighted by molar-refractivity contribution is -0.00000882. The Morgan fingerprint density at radius 2 is 0.733 bits per heavy atom. The quantitative estimate of drug-likeness (QED) is 0.354. The van der Waals surface area contributed by atoms with E-state index in [-0.39, 0.29) is 17.0 Å². The molecule has 0 atom stereocenters. The molecule has 0 aliphatic carbocycles. The molecule has 0 bridgehead atoms. The van der Waals surface area contributed by atoms with E-state index in [4.69, 9.17) is 13.6 Å². The summed E-state index contributed by atoms with van der Waals surface area (Å²) in [6, 6.07) is 39.2. The molecule has 4 aromatic carbocycles. The summed E-state index contributed by atoms with van der Waals surface area (Å²) in [5.74, 6) is 2.14. The Hall–Kier alpha value is -2.81. The molecule has 0 radical (unpaired) electrons. The van der Waals surface area contributed by atoms with Gasteiger partial charge < -0.3 is 17.0 Å². The number of hydrogen-bond acceptors (Lipinski definition) is 3. The van der Waals surface area contributed by atoms with E-state index in [0.717, 1.165) is 5.56 Å². The molecule has 4 rings (SSSR count). The maximum Gasteiger partial charge on any atom is 0.546 e. The summed E-state index contributed by atoms with van der Waals surface area (Å²) in [5, 5.41) is 0. The first-order valence-electron chi connectivity index (χ1n) is 9.47. The van der Waals surface area contributed by atoms with Crippen LogP contribution < -0.4 is 30.6 Å². The van der Waals surface area contributed by atoms with Crippen LogP contribution in [0.25, 0.3) is 0 Å². The summed E-state index contributed by atoms with van der Waals surface area (Å²) in [5.41, 5.74) is 1.09. The van der Waals surface area contributed by atoms with Gasteiger partial charge in [0.05, 0.1) is 0 Å². The molecule has 0 fully saturated rings. The highest BCUT2D eigenvalue weighted by molar-refractivity contribution is 7.62. The average molecular weight is 481 g/mol. The van der Waals surface area contributed by atoms with Crippen molar-refractivity contribution in [3.8, 4) is 17.2 Å². The normalized spacial score (nSPS) is 10.5. The molecule has 4 aromatic rings. The maximum absolute atomic E-state index is 6.48.